The molecule has 1 heterocycles. The molecule has 0 aromatic heterocycles. The van der Waals surface area contributed by atoms with Crippen LogP contribution >= 0.6 is 0 Å². The van der Waals surface area contributed by atoms with Crippen LogP contribution in [0.25, 0.3) is 0 Å². The van der Waals surface area contributed by atoms with Crippen molar-refractivity contribution in [2.24, 2.45) is 0 Å². The van der Waals surface area contributed by atoms with Crippen LogP contribution < -0.4 is 0 Å². The summed E-state index contributed by atoms with van der Waals surface area (Å²) in [6.45, 7) is -0.704. The lowest BCUT2D eigenvalue weighted by atomic mass is 9.84. The Bertz CT molecular complexity index is 377. The minimum Gasteiger partial charge on any atom is -0.394 e. The van der Waals surface area contributed by atoms with E-state index >= 15 is 0 Å². The molecule has 0 bridgehead atoms. The average Bonchev–Trinajstić information content (AvgIpc) is 2.54. The van der Waals surface area contributed by atoms with Crippen molar-refractivity contribution in [2.75, 3.05) is 6.61 Å². The Hall–Kier alpha value is -0.440. The smallest absolute Gasteiger partial charge is 0.187 e. The summed E-state index contributed by atoms with van der Waals surface area (Å²) in [4.78, 5) is 0. The molecule has 23 heavy (non-hydrogen) atoms. The zero-order chi connectivity index (χ0) is 17.5. The Labute approximate surface area is 130 Å². The molecule has 11 nitrogen and oxygen atoms in total. The zero-order valence-electron chi connectivity index (χ0n) is 11.9. The molecule has 2 aliphatic rings. The third-order valence-corrected chi connectivity index (χ3v) is 4.21. The molecule has 0 aromatic rings. The Kier molecular flexibility index (Phi) is 5.92. The second-order valence-corrected chi connectivity index (χ2v) is 5.75. The number of aliphatic hydroxyl groups is 9. The van der Waals surface area contributed by atoms with E-state index in [1.54, 1.807) is 0 Å². The van der Waals surface area contributed by atoms with Gasteiger partial charge in [0.2, 0.25) is 0 Å². The highest BCUT2D eigenvalue weighted by atomic mass is 16.7. The second-order valence-electron chi connectivity index (χ2n) is 5.75. The summed E-state index contributed by atoms with van der Waals surface area (Å²) in [6.07, 6.45) is -18.9. The van der Waals surface area contributed by atoms with E-state index in [1.807, 2.05) is 0 Å². The monoisotopic (exact) mass is 342 g/mol. The van der Waals surface area contributed by atoms with Crippen LogP contribution in [0.1, 0.15) is 0 Å². The van der Waals surface area contributed by atoms with Crippen molar-refractivity contribution in [2.45, 2.75) is 67.3 Å². The van der Waals surface area contributed by atoms with Gasteiger partial charge in [0.1, 0.15) is 61.0 Å². The maximum Gasteiger partial charge on any atom is 0.187 e. The minimum atomic E-state index is -1.83. The van der Waals surface area contributed by atoms with E-state index in [4.69, 9.17) is 14.6 Å². The average molecular weight is 342 g/mol. The van der Waals surface area contributed by atoms with Gasteiger partial charge in [-0.3, -0.25) is 0 Å². The van der Waals surface area contributed by atoms with E-state index in [0.717, 1.165) is 0 Å². The summed E-state index contributed by atoms with van der Waals surface area (Å²) < 4.78 is 10.2. The molecule has 0 spiro atoms. The lowest BCUT2D eigenvalue weighted by Crippen LogP contribution is -2.67. The number of hydrogen-bond donors (Lipinski definition) is 9. The number of ether oxygens (including phenoxy) is 2. The number of aliphatic hydroxyl groups excluding tert-OH is 9. The van der Waals surface area contributed by atoms with E-state index in [-0.39, 0.29) is 0 Å². The molecule has 11 heteroatoms. The molecule has 1 aliphatic heterocycles. The lowest BCUT2D eigenvalue weighted by molar-refractivity contribution is -0.339. The first-order valence-electron chi connectivity index (χ1n) is 7.07. The van der Waals surface area contributed by atoms with Crippen LogP contribution in [0.5, 0.6) is 0 Å². The standard InChI is InChI=1S/C12H22O11/c13-1-2-3(14)4(15)10(21)12(22-2)23-11-8(19)6(17)5(16)7(18)9(11)20/h2-21H,1H2/t2?,3-,4-,5?,6-,7+,8?,9+,10?,11?,12-/m0/s1. The van der Waals surface area contributed by atoms with Gasteiger partial charge in [0.05, 0.1) is 6.61 Å². The fourth-order valence-electron chi connectivity index (χ4n) is 2.69. The van der Waals surface area contributed by atoms with Crippen molar-refractivity contribution in [3.05, 3.63) is 0 Å². The van der Waals surface area contributed by atoms with E-state index in [1.165, 1.54) is 0 Å². The second kappa shape index (κ2) is 7.21. The summed E-state index contributed by atoms with van der Waals surface area (Å²) in [5.41, 5.74) is 0. The van der Waals surface area contributed by atoms with Crippen molar-refractivity contribution >= 4 is 0 Å². The summed E-state index contributed by atoms with van der Waals surface area (Å²) in [6, 6.07) is 0. The van der Waals surface area contributed by atoms with Crippen LogP contribution in [0.4, 0.5) is 0 Å². The van der Waals surface area contributed by atoms with Crippen molar-refractivity contribution in [3.63, 3.8) is 0 Å². The van der Waals surface area contributed by atoms with Gasteiger partial charge in [-0.25, -0.2) is 0 Å². The molecule has 9 N–H and O–H groups in total. The van der Waals surface area contributed by atoms with Gasteiger partial charge in [-0.15, -0.1) is 0 Å². The number of hydrogen-bond acceptors (Lipinski definition) is 11. The van der Waals surface area contributed by atoms with E-state index in [0.29, 0.717) is 0 Å². The summed E-state index contributed by atoms with van der Waals surface area (Å²) in [5.74, 6) is 0. The topological polar surface area (TPSA) is 201 Å². The molecule has 11 atom stereocenters. The highest BCUT2D eigenvalue weighted by Crippen LogP contribution is 2.29. The van der Waals surface area contributed by atoms with Gasteiger partial charge in [0, 0.05) is 0 Å². The van der Waals surface area contributed by atoms with Crippen molar-refractivity contribution in [1.29, 1.82) is 0 Å². The van der Waals surface area contributed by atoms with Crippen LogP contribution in [0.15, 0.2) is 0 Å². The van der Waals surface area contributed by atoms with Gasteiger partial charge in [0.15, 0.2) is 6.29 Å². The van der Waals surface area contributed by atoms with Crippen molar-refractivity contribution in [1.82, 2.24) is 0 Å². The van der Waals surface area contributed by atoms with Crippen LogP contribution in [0.3, 0.4) is 0 Å². The van der Waals surface area contributed by atoms with Gasteiger partial charge in [-0.2, -0.15) is 0 Å². The molecule has 0 radical (unpaired) electrons. The van der Waals surface area contributed by atoms with Gasteiger partial charge >= 0.3 is 0 Å². The highest BCUT2D eigenvalue weighted by molar-refractivity contribution is 5.00. The first-order chi connectivity index (χ1) is 10.7. The van der Waals surface area contributed by atoms with Crippen molar-refractivity contribution < 1.29 is 55.4 Å². The first-order valence-corrected chi connectivity index (χ1v) is 7.07. The van der Waals surface area contributed by atoms with Crippen LogP contribution in [-0.2, 0) is 9.47 Å². The lowest BCUT2D eigenvalue weighted by Gasteiger charge is -2.45. The van der Waals surface area contributed by atoms with E-state index in [9.17, 15) is 40.9 Å². The fourth-order valence-corrected chi connectivity index (χ4v) is 2.69. The predicted octanol–water partition coefficient (Wildman–Crippen LogP) is -6.01. The molecule has 136 valence electrons. The molecule has 5 unspecified atom stereocenters. The van der Waals surface area contributed by atoms with Gasteiger partial charge < -0.3 is 55.4 Å². The highest BCUT2D eigenvalue weighted by Gasteiger charge is 2.52. The molecular weight excluding hydrogens is 320 g/mol. The molecule has 0 amide bonds. The van der Waals surface area contributed by atoms with Crippen LogP contribution in [0, 0.1) is 0 Å². The van der Waals surface area contributed by atoms with Crippen LogP contribution in [0.2, 0.25) is 0 Å². The normalized spacial score (nSPS) is 54.9. The molecule has 0 aromatic carbocycles. The quantitative estimate of drug-likeness (QED) is 0.236. The summed E-state index contributed by atoms with van der Waals surface area (Å²) in [5, 5.41) is 86.6. The Morgan fingerprint density at radius 3 is 1.52 bits per heavy atom. The summed E-state index contributed by atoms with van der Waals surface area (Å²) in [7, 11) is 0. The molecule has 1 saturated carbocycles. The van der Waals surface area contributed by atoms with E-state index in [2.05, 4.69) is 0 Å². The number of rotatable bonds is 3. The van der Waals surface area contributed by atoms with Crippen LogP contribution in [-0.4, -0.2) is 120 Å². The maximum absolute atomic E-state index is 9.85. The van der Waals surface area contributed by atoms with E-state index < -0.39 is 73.9 Å². The molecular formula is C12H22O11. The predicted molar refractivity (Wildman–Crippen MR) is 68.7 cm³/mol. The molecule has 2 fully saturated rings. The Morgan fingerprint density at radius 2 is 1.04 bits per heavy atom. The maximum atomic E-state index is 9.85. The molecule has 2 rings (SSSR count). The third-order valence-electron chi connectivity index (χ3n) is 4.21. The Morgan fingerprint density at radius 1 is 0.609 bits per heavy atom. The SMILES string of the molecule is OCC1O[C@@H](OC2C(O)[C@@H](O)C(O)[C@@H](O)[C@H]2O)C(O)[C@@H](O)[C@H]1O. The largest absolute Gasteiger partial charge is 0.394 e. The minimum absolute atomic E-state index is 0.704. The summed E-state index contributed by atoms with van der Waals surface area (Å²) >= 11 is 0. The molecule has 1 saturated heterocycles. The molecule has 1 aliphatic carbocycles. The first kappa shape index (κ1) is 18.9. The Balaban J connectivity index is 2.13. The zero-order valence-corrected chi connectivity index (χ0v) is 11.9. The van der Waals surface area contributed by atoms with Gasteiger partial charge in [-0.05, 0) is 0 Å². The van der Waals surface area contributed by atoms with Gasteiger partial charge in [-0.1, -0.05) is 0 Å². The third kappa shape index (κ3) is 3.36. The van der Waals surface area contributed by atoms with Gasteiger partial charge in [0.25, 0.3) is 0 Å². The fraction of sp³-hybridized carbons (Fsp3) is 1.00. The van der Waals surface area contributed by atoms with Crippen molar-refractivity contribution in [3.8, 4) is 0 Å².